The average Bonchev–Trinajstić information content (AvgIpc) is 2.53. The van der Waals surface area contributed by atoms with E-state index in [1.165, 1.54) is 22.4 Å². The molecule has 1 unspecified atom stereocenters. The first-order valence-corrected chi connectivity index (χ1v) is 7.68. The summed E-state index contributed by atoms with van der Waals surface area (Å²) < 4.78 is 0. The minimum absolute atomic E-state index is 0.335. The Bertz CT molecular complexity index is 543. The molecule has 2 heteroatoms. The molecule has 0 spiro atoms. The molecule has 1 atom stereocenters. The molecule has 0 radical (unpaired) electrons. The molecule has 0 saturated carbocycles. The van der Waals surface area contributed by atoms with E-state index in [2.05, 4.69) is 79.6 Å². The van der Waals surface area contributed by atoms with E-state index in [0.717, 1.165) is 13.0 Å². The molecule has 0 heterocycles. The molecule has 0 aliphatic rings. The first-order chi connectivity index (χ1) is 10.1. The van der Waals surface area contributed by atoms with Crippen molar-refractivity contribution in [3.8, 4) is 0 Å². The normalized spacial score (nSPS) is 12.2. The zero-order valence-electron chi connectivity index (χ0n) is 13.6. The van der Waals surface area contributed by atoms with Crippen LogP contribution in [0.1, 0.15) is 29.7 Å². The highest BCUT2D eigenvalue weighted by Crippen LogP contribution is 2.19. The van der Waals surface area contributed by atoms with Gasteiger partial charge in [0, 0.05) is 25.3 Å². The predicted octanol–water partition coefficient (Wildman–Crippen LogP) is 3.95. The summed E-state index contributed by atoms with van der Waals surface area (Å²) in [6, 6.07) is 18.0. The monoisotopic (exact) mass is 282 g/mol. The third-order valence-corrected chi connectivity index (χ3v) is 4.07. The molecule has 0 bridgehead atoms. The van der Waals surface area contributed by atoms with Gasteiger partial charge in [-0.3, -0.25) is 0 Å². The van der Waals surface area contributed by atoms with Gasteiger partial charge in [0.25, 0.3) is 0 Å². The summed E-state index contributed by atoms with van der Waals surface area (Å²) in [4.78, 5) is 2.30. The Morgan fingerprint density at radius 3 is 2.14 bits per heavy atom. The molecule has 21 heavy (non-hydrogen) atoms. The SMILES string of the molecule is CCc1ccc(C(CN(C)c2ccc(C)cc2)NC)cc1. The van der Waals surface area contributed by atoms with Gasteiger partial charge in [-0.15, -0.1) is 0 Å². The Morgan fingerprint density at radius 1 is 1.00 bits per heavy atom. The Balaban J connectivity index is 2.08. The second-order valence-corrected chi connectivity index (χ2v) is 5.65. The Kier molecular flexibility index (Phi) is 5.40. The summed E-state index contributed by atoms with van der Waals surface area (Å²) >= 11 is 0. The predicted molar refractivity (Wildman–Crippen MR) is 92.1 cm³/mol. The molecule has 1 N–H and O–H groups in total. The highest BCUT2D eigenvalue weighted by Gasteiger charge is 2.12. The number of aryl methyl sites for hydroxylation is 2. The lowest BCUT2D eigenvalue weighted by Gasteiger charge is -2.26. The van der Waals surface area contributed by atoms with E-state index in [-0.39, 0.29) is 0 Å². The van der Waals surface area contributed by atoms with Crippen LogP contribution in [0.5, 0.6) is 0 Å². The van der Waals surface area contributed by atoms with Crippen LogP contribution in [0, 0.1) is 6.92 Å². The average molecular weight is 282 g/mol. The number of nitrogens with zero attached hydrogens (tertiary/aromatic N) is 1. The highest BCUT2D eigenvalue weighted by atomic mass is 15.1. The molecular formula is C19H26N2. The van der Waals surface area contributed by atoms with Crippen molar-refractivity contribution in [2.75, 3.05) is 25.5 Å². The van der Waals surface area contributed by atoms with Crippen molar-refractivity contribution in [1.82, 2.24) is 5.32 Å². The Morgan fingerprint density at radius 2 is 1.62 bits per heavy atom. The van der Waals surface area contributed by atoms with Gasteiger partial charge in [-0.2, -0.15) is 0 Å². The van der Waals surface area contributed by atoms with Crippen LogP contribution in [-0.4, -0.2) is 20.6 Å². The summed E-state index contributed by atoms with van der Waals surface area (Å²) in [6.45, 7) is 5.26. The minimum Gasteiger partial charge on any atom is -0.373 e. The van der Waals surface area contributed by atoms with Gasteiger partial charge < -0.3 is 10.2 Å². The minimum atomic E-state index is 0.335. The van der Waals surface area contributed by atoms with E-state index >= 15 is 0 Å². The summed E-state index contributed by atoms with van der Waals surface area (Å²) in [6.07, 6.45) is 1.09. The quantitative estimate of drug-likeness (QED) is 0.863. The maximum atomic E-state index is 3.43. The van der Waals surface area contributed by atoms with Crippen molar-refractivity contribution in [3.63, 3.8) is 0 Å². The summed E-state index contributed by atoms with van der Waals surface area (Å²) in [5.41, 5.74) is 5.28. The van der Waals surface area contributed by atoms with E-state index in [1.54, 1.807) is 0 Å². The molecule has 0 amide bonds. The maximum absolute atomic E-state index is 3.43. The van der Waals surface area contributed by atoms with Crippen molar-refractivity contribution in [3.05, 3.63) is 65.2 Å². The fourth-order valence-electron chi connectivity index (χ4n) is 2.53. The number of benzene rings is 2. The van der Waals surface area contributed by atoms with Crippen molar-refractivity contribution >= 4 is 5.69 Å². The zero-order valence-corrected chi connectivity index (χ0v) is 13.6. The molecule has 2 rings (SSSR count). The number of nitrogens with one attached hydrogen (secondary N) is 1. The van der Waals surface area contributed by atoms with Gasteiger partial charge in [-0.05, 0) is 43.7 Å². The van der Waals surface area contributed by atoms with Crippen LogP contribution in [0.3, 0.4) is 0 Å². The summed E-state index contributed by atoms with van der Waals surface area (Å²) in [7, 11) is 4.18. The molecule has 0 fully saturated rings. The van der Waals surface area contributed by atoms with E-state index in [4.69, 9.17) is 0 Å². The molecule has 0 aliphatic carbocycles. The van der Waals surface area contributed by atoms with Gasteiger partial charge in [-0.1, -0.05) is 48.9 Å². The van der Waals surface area contributed by atoms with E-state index in [9.17, 15) is 0 Å². The lowest BCUT2D eigenvalue weighted by Crippen LogP contribution is -2.31. The van der Waals surface area contributed by atoms with E-state index in [0.29, 0.717) is 6.04 Å². The fraction of sp³-hybridized carbons (Fsp3) is 0.368. The van der Waals surface area contributed by atoms with Gasteiger partial charge in [0.05, 0.1) is 0 Å². The van der Waals surface area contributed by atoms with Crippen LogP contribution in [0.15, 0.2) is 48.5 Å². The number of anilines is 1. The first kappa shape index (κ1) is 15.6. The van der Waals surface area contributed by atoms with Crippen molar-refractivity contribution in [1.29, 1.82) is 0 Å². The molecule has 0 saturated heterocycles. The number of rotatable bonds is 6. The number of hydrogen-bond donors (Lipinski definition) is 1. The lowest BCUT2D eigenvalue weighted by atomic mass is 10.0. The zero-order chi connectivity index (χ0) is 15.2. The summed E-state index contributed by atoms with van der Waals surface area (Å²) in [5, 5.41) is 3.43. The lowest BCUT2D eigenvalue weighted by molar-refractivity contribution is 0.589. The molecule has 2 aromatic carbocycles. The molecule has 0 aromatic heterocycles. The van der Waals surface area contributed by atoms with Crippen molar-refractivity contribution < 1.29 is 0 Å². The van der Waals surface area contributed by atoms with Crippen molar-refractivity contribution in [2.45, 2.75) is 26.3 Å². The van der Waals surface area contributed by atoms with Gasteiger partial charge in [0.15, 0.2) is 0 Å². The Hall–Kier alpha value is -1.80. The maximum Gasteiger partial charge on any atom is 0.0495 e. The van der Waals surface area contributed by atoms with E-state index < -0.39 is 0 Å². The second-order valence-electron chi connectivity index (χ2n) is 5.65. The summed E-state index contributed by atoms with van der Waals surface area (Å²) in [5.74, 6) is 0. The van der Waals surface area contributed by atoms with Gasteiger partial charge >= 0.3 is 0 Å². The molecule has 2 nitrogen and oxygen atoms in total. The molecular weight excluding hydrogens is 256 g/mol. The smallest absolute Gasteiger partial charge is 0.0495 e. The Labute approximate surface area is 128 Å². The third-order valence-electron chi connectivity index (χ3n) is 4.07. The van der Waals surface area contributed by atoms with Gasteiger partial charge in [0.2, 0.25) is 0 Å². The van der Waals surface area contributed by atoms with Crippen LogP contribution < -0.4 is 10.2 Å². The van der Waals surface area contributed by atoms with Crippen LogP contribution in [0.2, 0.25) is 0 Å². The van der Waals surface area contributed by atoms with E-state index in [1.807, 2.05) is 7.05 Å². The molecule has 2 aromatic rings. The molecule has 0 aliphatic heterocycles. The molecule has 112 valence electrons. The van der Waals surface area contributed by atoms with Crippen LogP contribution in [0.4, 0.5) is 5.69 Å². The second kappa shape index (κ2) is 7.28. The number of hydrogen-bond acceptors (Lipinski definition) is 2. The topological polar surface area (TPSA) is 15.3 Å². The largest absolute Gasteiger partial charge is 0.373 e. The van der Waals surface area contributed by atoms with Gasteiger partial charge in [-0.25, -0.2) is 0 Å². The number of likely N-dealkylation sites (N-methyl/N-ethyl adjacent to an activating group) is 2. The van der Waals surface area contributed by atoms with Crippen LogP contribution >= 0.6 is 0 Å². The first-order valence-electron chi connectivity index (χ1n) is 7.68. The van der Waals surface area contributed by atoms with Crippen LogP contribution in [0.25, 0.3) is 0 Å². The third kappa shape index (κ3) is 4.08. The van der Waals surface area contributed by atoms with Crippen LogP contribution in [-0.2, 0) is 6.42 Å². The van der Waals surface area contributed by atoms with Gasteiger partial charge in [0.1, 0.15) is 0 Å². The van der Waals surface area contributed by atoms with Crippen molar-refractivity contribution in [2.24, 2.45) is 0 Å². The standard InChI is InChI=1S/C19H26N2/c1-5-16-8-10-17(11-9-16)19(20-3)14-21(4)18-12-6-15(2)7-13-18/h6-13,19-20H,5,14H2,1-4H3. The fourth-order valence-corrected chi connectivity index (χ4v) is 2.53. The highest BCUT2D eigenvalue weighted by molar-refractivity contribution is 5.47.